The first-order chi connectivity index (χ1) is 36.6. The van der Waals surface area contributed by atoms with Crippen LogP contribution in [0.15, 0.2) is 11.6 Å². The molecule has 1 unspecified atom stereocenters. The van der Waals surface area contributed by atoms with Gasteiger partial charge in [-0.2, -0.15) is 0 Å². The zero-order valence-corrected chi connectivity index (χ0v) is 45.1. The van der Waals surface area contributed by atoms with E-state index in [2.05, 4.69) is 26.8 Å². The summed E-state index contributed by atoms with van der Waals surface area (Å²) in [6.07, 6.45) is -32.3. The van der Waals surface area contributed by atoms with E-state index < -0.39 is 212 Å². The normalized spacial score (nSPS) is 55.0. The minimum absolute atomic E-state index is 0.0866. The summed E-state index contributed by atoms with van der Waals surface area (Å²) in [5, 5.41) is 155. The quantitative estimate of drug-likeness (QED) is 0.0383. The zero-order valence-electron chi connectivity index (χ0n) is 45.1. The lowest BCUT2D eigenvalue weighted by Crippen LogP contribution is -2.72. The first-order valence-electron chi connectivity index (χ1n) is 27.4. The van der Waals surface area contributed by atoms with Crippen LogP contribution in [-0.2, 0) is 52.2 Å². The summed E-state index contributed by atoms with van der Waals surface area (Å²) < 4.78 is 53.7. The Kier molecular flexibility index (Phi) is 17.0. The third kappa shape index (κ3) is 9.29. The molecule has 446 valence electrons. The van der Waals surface area contributed by atoms with Crippen molar-refractivity contribution in [2.45, 2.75) is 222 Å². The van der Waals surface area contributed by atoms with Crippen molar-refractivity contribution in [1.29, 1.82) is 0 Å². The molecular formula is C53H84O25. The van der Waals surface area contributed by atoms with Crippen LogP contribution in [0.2, 0.25) is 0 Å². The van der Waals surface area contributed by atoms with E-state index in [1.807, 2.05) is 13.8 Å². The van der Waals surface area contributed by atoms with Crippen LogP contribution < -0.4 is 0 Å². The highest BCUT2D eigenvalue weighted by Gasteiger charge is 2.73. The Bertz CT molecular complexity index is 2190. The van der Waals surface area contributed by atoms with Crippen molar-refractivity contribution in [1.82, 2.24) is 0 Å². The summed E-state index contributed by atoms with van der Waals surface area (Å²) in [4.78, 5) is 27.7. The standard InChI is InChI=1S/C53H84O25/c1-48(2)14-22-21-8-9-27-49(3)12-11-29(50(4,19-55)26(49)10-13-51(27,5)52(21,6)15-28(59)53(22,20-56)42(68)41(48)67)74-47-40(78-45-35(65)33(63)32(62)25(16-54)73-45)37(36(66)38(76-47)43(69)70-7)75-46-39(31(61)24(58)18-72-46)77-44-34(64)30(60)23(57)17-71-44/h8,19,22-42,44-47,54,56-68H,9-18,20H2,1-7H3/t22-,23+,24-,25+,26?,27+,28+,29-,30-,31-,32-,33-,34+,35+,36-,37-,38-,39+,40+,41-,42-,44-,45-,46-,47+,49-,50-,51+,52+,53-/m0/s1. The molecule has 0 aromatic carbocycles. The number of ether oxygens (including phenoxy) is 9. The molecular weight excluding hydrogens is 1040 g/mol. The van der Waals surface area contributed by atoms with Gasteiger partial charge in [0.15, 0.2) is 31.3 Å². The first-order valence-corrected chi connectivity index (χ1v) is 27.4. The number of aldehydes is 1. The Morgan fingerprint density at radius 2 is 1.28 bits per heavy atom. The molecule has 4 saturated heterocycles. The Morgan fingerprint density at radius 1 is 0.654 bits per heavy atom. The van der Waals surface area contributed by atoms with Gasteiger partial charge < -0.3 is 119 Å². The fraction of sp³-hybridized carbons (Fsp3) is 0.925. The molecule has 25 heteroatoms. The molecule has 5 aliphatic carbocycles. The number of fused-ring (bicyclic) bond motifs is 7. The predicted molar refractivity (Wildman–Crippen MR) is 260 cm³/mol. The second kappa shape index (κ2) is 21.9. The van der Waals surface area contributed by atoms with Crippen LogP contribution in [0.4, 0.5) is 0 Å². The van der Waals surface area contributed by atoms with Crippen molar-refractivity contribution in [3.63, 3.8) is 0 Å². The Morgan fingerprint density at radius 3 is 1.92 bits per heavy atom. The van der Waals surface area contributed by atoms with E-state index in [0.29, 0.717) is 32.1 Å². The van der Waals surface area contributed by atoms with Crippen LogP contribution in [0.3, 0.4) is 0 Å². The summed E-state index contributed by atoms with van der Waals surface area (Å²) in [6, 6.07) is 0. The van der Waals surface area contributed by atoms with Crippen LogP contribution in [0.25, 0.3) is 0 Å². The molecule has 9 aliphatic rings. The van der Waals surface area contributed by atoms with Gasteiger partial charge in [-0.1, -0.05) is 53.2 Å². The van der Waals surface area contributed by atoms with Crippen LogP contribution in [-0.4, -0.2) is 252 Å². The van der Waals surface area contributed by atoms with E-state index in [1.54, 1.807) is 6.92 Å². The molecule has 4 aliphatic heterocycles. The van der Waals surface area contributed by atoms with Crippen LogP contribution in [0.1, 0.15) is 86.5 Å². The van der Waals surface area contributed by atoms with Gasteiger partial charge in [0.25, 0.3) is 0 Å². The van der Waals surface area contributed by atoms with E-state index in [9.17, 15) is 81.1 Å². The average molecular weight is 1120 g/mol. The van der Waals surface area contributed by atoms with Gasteiger partial charge >= 0.3 is 5.97 Å². The molecule has 9 rings (SSSR count). The molecule has 4 heterocycles. The summed E-state index contributed by atoms with van der Waals surface area (Å²) >= 11 is 0. The van der Waals surface area contributed by atoms with Gasteiger partial charge in [-0.15, -0.1) is 0 Å². The fourth-order valence-electron chi connectivity index (χ4n) is 16.3. The lowest BCUT2D eigenvalue weighted by Gasteiger charge is -2.72. The summed E-state index contributed by atoms with van der Waals surface area (Å²) in [7, 11) is 1.01. The van der Waals surface area contributed by atoms with Crippen molar-refractivity contribution in [3.05, 3.63) is 11.6 Å². The number of aliphatic hydroxyl groups is 14. The summed E-state index contributed by atoms with van der Waals surface area (Å²) in [5.41, 5.74) is -4.16. The number of carbonyl (C=O) groups excluding carboxylic acids is 2. The Balaban J connectivity index is 1.06. The number of aliphatic hydroxyl groups excluding tert-OH is 14. The van der Waals surface area contributed by atoms with Crippen molar-refractivity contribution < 1.29 is 124 Å². The number of methoxy groups -OCH3 is 1. The highest BCUT2D eigenvalue weighted by Crippen LogP contribution is 2.76. The van der Waals surface area contributed by atoms with E-state index >= 15 is 0 Å². The minimum Gasteiger partial charge on any atom is -0.467 e. The molecule has 14 N–H and O–H groups in total. The molecule has 0 aromatic rings. The number of hydrogen-bond acceptors (Lipinski definition) is 25. The number of rotatable bonds is 12. The lowest BCUT2D eigenvalue weighted by molar-refractivity contribution is -0.399. The first kappa shape index (κ1) is 60.6. The maximum Gasteiger partial charge on any atom is 0.337 e. The topological polar surface area (TPSA) is 400 Å². The smallest absolute Gasteiger partial charge is 0.337 e. The summed E-state index contributed by atoms with van der Waals surface area (Å²) in [5.74, 6) is -2.08. The molecule has 4 saturated carbocycles. The van der Waals surface area contributed by atoms with Crippen LogP contribution in [0.5, 0.6) is 0 Å². The lowest BCUT2D eigenvalue weighted by atomic mass is 9.33. The van der Waals surface area contributed by atoms with E-state index in [-0.39, 0.29) is 18.8 Å². The molecule has 8 fully saturated rings. The molecule has 0 amide bonds. The van der Waals surface area contributed by atoms with Gasteiger partial charge in [0.2, 0.25) is 0 Å². The van der Waals surface area contributed by atoms with E-state index in [4.69, 9.17) is 42.6 Å². The fourth-order valence-corrected chi connectivity index (χ4v) is 16.3. The van der Waals surface area contributed by atoms with Crippen LogP contribution >= 0.6 is 0 Å². The highest BCUT2D eigenvalue weighted by molar-refractivity contribution is 5.75. The second-order valence-corrected chi connectivity index (χ2v) is 25.5. The Hall–Kier alpha value is -2.00. The summed E-state index contributed by atoms with van der Waals surface area (Å²) in [6.45, 7) is 9.50. The monoisotopic (exact) mass is 1120 g/mol. The number of allylic oxidation sites excluding steroid dienone is 2. The van der Waals surface area contributed by atoms with E-state index in [1.165, 1.54) is 0 Å². The SMILES string of the molecule is COC(=O)[C@H]1O[C@@H](O[C@H]2CC[C@@]3(C)C(CC[C@]4(C)[C@@H]3CC=C3[C@@H]5CC(C)(C)[C@@H](O)[C@H](O)[C@]5(CO)[C@H](O)C[C@]34C)[C@]2(C)C=O)[C@H](O[C@@H]2O[C@H](CO)[C@H](O)[C@H](O)[C@H]2O)[C@@H](O[C@@H]2OC[C@H](O)[C@H](O)[C@H]2O[C@@H]2OC[C@@H](O)[C@H](O)[C@H]2O)[C@@H]1O. The maximum atomic E-state index is 14.1. The zero-order chi connectivity index (χ0) is 57.1. The second-order valence-electron chi connectivity index (χ2n) is 25.5. The largest absolute Gasteiger partial charge is 0.467 e. The maximum absolute atomic E-state index is 14.1. The van der Waals surface area contributed by atoms with Crippen molar-refractivity contribution >= 4 is 12.3 Å². The van der Waals surface area contributed by atoms with Gasteiger partial charge in [0.05, 0.1) is 68.8 Å². The van der Waals surface area contributed by atoms with Gasteiger partial charge in [0.1, 0.15) is 85.6 Å². The van der Waals surface area contributed by atoms with Crippen molar-refractivity contribution in [2.24, 2.45) is 50.2 Å². The molecule has 78 heavy (non-hydrogen) atoms. The predicted octanol–water partition coefficient (Wildman–Crippen LogP) is -4.01. The van der Waals surface area contributed by atoms with Gasteiger partial charge in [0, 0.05) is 0 Å². The molecule has 25 nitrogen and oxygen atoms in total. The average Bonchev–Trinajstić information content (AvgIpc) is 3.40. The molecule has 0 bridgehead atoms. The number of hydrogen-bond donors (Lipinski definition) is 14. The van der Waals surface area contributed by atoms with Gasteiger partial charge in [-0.05, 0) is 84.4 Å². The van der Waals surface area contributed by atoms with Gasteiger partial charge in [-0.25, -0.2) is 4.79 Å². The number of carbonyl (C=O) groups is 2. The third-order valence-corrected chi connectivity index (χ3v) is 21.2. The van der Waals surface area contributed by atoms with E-state index in [0.717, 1.165) is 19.0 Å². The van der Waals surface area contributed by atoms with Crippen LogP contribution in [0, 0.1) is 50.2 Å². The molecule has 0 spiro atoms. The number of esters is 1. The Labute approximate surface area is 451 Å². The molecule has 0 aromatic heterocycles. The molecule has 0 radical (unpaired) electrons. The molecule has 30 atom stereocenters. The van der Waals surface area contributed by atoms with Crippen molar-refractivity contribution in [2.75, 3.05) is 33.5 Å². The van der Waals surface area contributed by atoms with Crippen molar-refractivity contribution in [3.8, 4) is 0 Å². The highest BCUT2D eigenvalue weighted by atomic mass is 16.8. The third-order valence-electron chi connectivity index (χ3n) is 21.2. The van der Waals surface area contributed by atoms with Gasteiger partial charge in [-0.3, -0.25) is 0 Å². The minimum atomic E-state index is -2.13.